The van der Waals surface area contributed by atoms with Gasteiger partial charge in [-0.2, -0.15) is 0 Å². The minimum Gasteiger partial charge on any atom is -0.493 e. The number of hydrogen-bond donors (Lipinski definition) is 1. The van der Waals surface area contributed by atoms with Crippen LogP contribution in [0.4, 0.5) is 4.39 Å². The smallest absolute Gasteiger partial charge is 0.244 e. The predicted octanol–water partition coefficient (Wildman–Crippen LogP) is 3.22. The largest absolute Gasteiger partial charge is 0.493 e. The normalized spacial score (nSPS) is 10.6. The molecule has 1 N–H and O–H groups in total. The lowest BCUT2D eigenvalue weighted by atomic mass is 10.1. The number of halogens is 1. The van der Waals surface area contributed by atoms with Gasteiger partial charge in [-0.3, -0.25) is 4.79 Å². The van der Waals surface area contributed by atoms with Gasteiger partial charge in [0.1, 0.15) is 5.82 Å². The molecule has 126 valence electrons. The molecule has 1 amide bonds. The highest BCUT2D eigenvalue weighted by molar-refractivity contribution is 5.91. The molecule has 4 nitrogen and oxygen atoms in total. The summed E-state index contributed by atoms with van der Waals surface area (Å²) in [6, 6.07) is 11.7. The molecule has 0 spiro atoms. The summed E-state index contributed by atoms with van der Waals surface area (Å²) >= 11 is 0. The Balaban J connectivity index is 1.86. The highest BCUT2D eigenvalue weighted by atomic mass is 19.1. The second-order valence-corrected chi connectivity index (χ2v) is 5.12. The summed E-state index contributed by atoms with van der Waals surface area (Å²) in [5.41, 5.74) is 1.67. The first kappa shape index (κ1) is 17.5. The molecule has 0 heterocycles. The van der Waals surface area contributed by atoms with E-state index in [0.29, 0.717) is 24.5 Å². The second-order valence-electron chi connectivity index (χ2n) is 5.12. The van der Waals surface area contributed by atoms with Crippen molar-refractivity contribution in [3.8, 4) is 11.5 Å². The van der Waals surface area contributed by atoms with Crippen molar-refractivity contribution in [2.45, 2.75) is 6.42 Å². The van der Waals surface area contributed by atoms with Crippen LogP contribution in [0.1, 0.15) is 11.1 Å². The second kappa shape index (κ2) is 8.72. The molecule has 0 bridgehead atoms. The van der Waals surface area contributed by atoms with Gasteiger partial charge in [0.15, 0.2) is 11.5 Å². The van der Waals surface area contributed by atoms with E-state index >= 15 is 0 Å². The molecule has 2 aromatic carbocycles. The van der Waals surface area contributed by atoms with Gasteiger partial charge >= 0.3 is 0 Å². The van der Waals surface area contributed by atoms with Crippen molar-refractivity contribution in [3.63, 3.8) is 0 Å². The lowest BCUT2D eigenvalue weighted by Crippen LogP contribution is -2.23. The van der Waals surface area contributed by atoms with Gasteiger partial charge < -0.3 is 14.8 Å². The third-order valence-electron chi connectivity index (χ3n) is 3.44. The van der Waals surface area contributed by atoms with Crippen molar-refractivity contribution >= 4 is 12.0 Å². The molecule has 5 heteroatoms. The number of benzene rings is 2. The summed E-state index contributed by atoms with van der Waals surface area (Å²) in [6.07, 6.45) is 3.72. The fourth-order valence-corrected chi connectivity index (χ4v) is 2.21. The van der Waals surface area contributed by atoms with E-state index in [-0.39, 0.29) is 11.7 Å². The van der Waals surface area contributed by atoms with Gasteiger partial charge in [-0.1, -0.05) is 18.2 Å². The molecule has 0 aliphatic carbocycles. The van der Waals surface area contributed by atoms with Crippen molar-refractivity contribution in [2.24, 2.45) is 0 Å². The number of amides is 1. The number of rotatable bonds is 7. The summed E-state index contributed by atoms with van der Waals surface area (Å²) in [5, 5.41) is 2.77. The van der Waals surface area contributed by atoms with Crippen molar-refractivity contribution < 1.29 is 18.7 Å². The minimum atomic E-state index is -0.271. The zero-order valence-electron chi connectivity index (χ0n) is 13.7. The van der Waals surface area contributed by atoms with Gasteiger partial charge in [0.25, 0.3) is 0 Å². The van der Waals surface area contributed by atoms with E-state index in [4.69, 9.17) is 9.47 Å². The Labute approximate surface area is 140 Å². The fraction of sp³-hybridized carbons (Fsp3) is 0.211. The Morgan fingerprint density at radius 3 is 2.62 bits per heavy atom. The zero-order chi connectivity index (χ0) is 17.4. The van der Waals surface area contributed by atoms with Crippen LogP contribution in [0.3, 0.4) is 0 Å². The summed E-state index contributed by atoms with van der Waals surface area (Å²) < 4.78 is 23.4. The van der Waals surface area contributed by atoms with Crippen LogP contribution in [0.5, 0.6) is 11.5 Å². The number of methoxy groups -OCH3 is 2. The maximum Gasteiger partial charge on any atom is 0.244 e. The topological polar surface area (TPSA) is 47.6 Å². The summed E-state index contributed by atoms with van der Waals surface area (Å²) in [6.45, 7) is 0.443. The Hall–Kier alpha value is -2.82. The van der Waals surface area contributed by atoms with E-state index in [9.17, 15) is 9.18 Å². The van der Waals surface area contributed by atoms with Gasteiger partial charge in [0.05, 0.1) is 14.2 Å². The Morgan fingerprint density at radius 2 is 1.92 bits per heavy atom. The molecule has 2 aromatic rings. The summed E-state index contributed by atoms with van der Waals surface area (Å²) in [7, 11) is 3.13. The van der Waals surface area contributed by atoms with E-state index < -0.39 is 0 Å². The predicted molar refractivity (Wildman–Crippen MR) is 91.7 cm³/mol. The molecular weight excluding hydrogens is 309 g/mol. The highest BCUT2D eigenvalue weighted by Gasteiger charge is 2.03. The van der Waals surface area contributed by atoms with Crippen molar-refractivity contribution in [1.29, 1.82) is 0 Å². The standard InChI is InChI=1S/C19H20FNO3/c1-23-17-8-6-15(13-18(17)24-2)7-9-19(22)21-11-10-14-4-3-5-16(20)12-14/h3-9,12-13H,10-11H2,1-2H3,(H,21,22)/b9-7+. The van der Waals surface area contributed by atoms with E-state index in [1.54, 1.807) is 38.5 Å². The molecule has 0 saturated heterocycles. The maximum atomic E-state index is 13.1. The van der Waals surface area contributed by atoms with Gasteiger partial charge in [0, 0.05) is 12.6 Å². The number of ether oxygens (including phenoxy) is 2. The highest BCUT2D eigenvalue weighted by Crippen LogP contribution is 2.27. The third-order valence-corrected chi connectivity index (χ3v) is 3.44. The molecular formula is C19H20FNO3. The van der Waals surface area contributed by atoms with Gasteiger partial charge in [-0.15, -0.1) is 0 Å². The molecule has 0 aliphatic heterocycles. The average Bonchev–Trinajstić information content (AvgIpc) is 2.59. The van der Waals surface area contributed by atoms with Crippen LogP contribution in [-0.4, -0.2) is 26.7 Å². The molecule has 2 rings (SSSR count). The van der Waals surface area contributed by atoms with Crippen molar-refractivity contribution in [2.75, 3.05) is 20.8 Å². The number of hydrogen-bond acceptors (Lipinski definition) is 3. The van der Waals surface area contributed by atoms with E-state index in [2.05, 4.69) is 5.32 Å². The van der Waals surface area contributed by atoms with Crippen LogP contribution < -0.4 is 14.8 Å². The number of nitrogens with one attached hydrogen (secondary N) is 1. The van der Waals surface area contributed by atoms with Crippen molar-refractivity contribution in [3.05, 3.63) is 65.5 Å². The van der Waals surface area contributed by atoms with Gasteiger partial charge in [0.2, 0.25) is 5.91 Å². The summed E-state index contributed by atoms with van der Waals surface area (Å²) in [5.74, 6) is 0.758. The third kappa shape index (κ3) is 5.12. The van der Waals surface area contributed by atoms with E-state index in [0.717, 1.165) is 11.1 Å². The molecule has 24 heavy (non-hydrogen) atoms. The Bertz CT molecular complexity index is 728. The first-order valence-electron chi connectivity index (χ1n) is 7.55. The Kier molecular flexibility index (Phi) is 6.37. The molecule has 0 fully saturated rings. The zero-order valence-corrected chi connectivity index (χ0v) is 13.7. The number of carbonyl (C=O) groups is 1. The van der Waals surface area contributed by atoms with Gasteiger partial charge in [-0.25, -0.2) is 4.39 Å². The number of carbonyl (C=O) groups excluding carboxylic acids is 1. The molecule has 0 aliphatic rings. The lowest BCUT2D eigenvalue weighted by Gasteiger charge is -2.07. The van der Waals surface area contributed by atoms with E-state index in [1.807, 2.05) is 12.1 Å². The van der Waals surface area contributed by atoms with Crippen LogP contribution in [0, 0.1) is 5.82 Å². The first-order chi connectivity index (χ1) is 11.6. The maximum absolute atomic E-state index is 13.1. The Morgan fingerprint density at radius 1 is 1.12 bits per heavy atom. The lowest BCUT2D eigenvalue weighted by molar-refractivity contribution is -0.116. The van der Waals surface area contributed by atoms with E-state index in [1.165, 1.54) is 18.2 Å². The van der Waals surface area contributed by atoms with Crippen LogP contribution in [0.15, 0.2) is 48.5 Å². The van der Waals surface area contributed by atoms with Crippen LogP contribution in [0.2, 0.25) is 0 Å². The molecule has 0 atom stereocenters. The van der Waals surface area contributed by atoms with Crippen LogP contribution in [-0.2, 0) is 11.2 Å². The van der Waals surface area contributed by atoms with Crippen molar-refractivity contribution in [1.82, 2.24) is 5.32 Å². The molecule has 0 saturated carbocycles. The molecule has 0 unspecified atom stereocenters. The molecule has 0 radical (unpaired) electrons. The first-order valence-corrected chi connectivity index (χ1v) is 7.55. The van der Waals surface area contributed by atoms with Crippen LogP contribution in [0.25, 0.3) is 6.08 Å². The minimum absolute atomic E-state index is 0.207. The quantitative estimate of drug-likeness (QED) is 0.794. The monoisotopic (exact) mass is 329 g/mol. The molecule has 0 aromatic heterocycles. The fourth-order valence-electron chi connectivity index (χ4n) is 2.21. The SMILES string of the molecule is COc1ccc(/C=C/C(=O)NCCc2cccc(F)c2)cc1OC. The van der Waals surface area contributed by atoms with Gasteiger partial charge in [-0.05, 0) is 47.9 Å². The average molecular weight is 329 g/mol. The van der Waals surface area contributed by atoms with Crippen LogP contribution >= 0.6 is 0 Å². The summed E-state index contributed by atoms with van der Waals surface area (Å²) in [4.78, 5) is 11.8.